The van der Waals surface area contributed by atoms with E-state index in [1.54, 1.807) is 24.3 Å². The molecule has 0 spiro atoms. The fourth-order valence-electron chi connectivity index (χ4n) is 3.59. The predicted octanol–water partition coefficient (Wildman–Crippen LogP) is 8.49. The molecule has 0 radical (unpaired) electrons. The van der Waals surface area contributed by atoms with Crippen molar-refractivity contribution < 1.29 is 10.0 Å². The second kappa shape index (κ2) is 13.5. The molecule has 31 heavy (non-hydrogen) atoms. The molecule has 0 fully saturated rings. The van der Waals surface area contributed by atoms with E-state index in [0.717, 1.165) is 30.4 Å². The van der Waals surface area contributed by atoms with Crippen molar-refractivity contribution in [3.63, 3.8) is 0 Å². The minimum atomic E-state index is -0.424. The average molecular weight is 426 g/mol. The molecule has 6 nitrogen and oxygen atoms in total. The van der Waals surface area contributed by atoms with Crippen LogP contribution in [0.5, 0.6) is 5.75 Å². The highest BCUT2D eigenvalue weighted by Crippen LogP contribution is 2.33. The zero-order valence-corrected chi connectivity index (χ0v) is 18.8. The van der Waals surface area contributed by atoms with Gasteiger partial charge in [-0.3, -0.25) is 10.1 Å². The molecule has 2 aromatic rings. The lowest BCUT2D eigenvalue weighted by atomic mass is 10.0. The van der Waals surface area contributed by atoms with Crippen molar-refractivity contribution in [1.82, 2.24) is 0 Å². The molecule has 0 amide bonds. The summed E-state index contributed by atoms with van der Waals surface area (Å²) in [4.78, 5) is 11.1. The van der Waals surface area contributed by atoms with Crippen molar-refractivity contribution in [2.75, 3.05) is 0 Å². The lowest BCUT2D eigenvalue weighted by molar-refractivity contribution is -0.384. The summed E-state index contributed by atoms with van der Waals surface area (Å²) in [6.45, 7) is 4.12. The van der Waals surface area contributed by atoms with E-state index in [0.29, 0.717) is 5.69 Å². The molecule has 0 unspecified atom stereocenters. The Kier molecular flexibility index (Phi) is 10.7. The van der Waals surface area contributed by atoms with Gasteiger partial charge in [-0.25, -0.2) is 0 Å². The molecule has 168 valence electrons. The number of hydrogen-bond acceptors (Lipinski definition) is 5. The molecule has 1 N–H and O–H groups in total. The van der Waals surface area contributed by atoms with Gasteiger partial charge in [0, 0.05) is 6.07 Å². The van der Waals surface area contributed by atoms with Gasteiger partial charge >= 0.3 is 0 Å². The summed E-state index contributed by atoms with van der Waals surface area (Å²) in [5.41, 5.74) is 2.30. The molecule has 0 aliphatic carbocycles. The third-order valence-corrected chi connectivity index (χ3v) is 5.45. The van der Waals surface area contributed by atoms with E-state index in [-0.39, 0.29) is 17.1 Å². The number of phenols is 1. The zero-order chi connectivity index (χ0) is 22.5. The van der Waals surface area contributed by atoms with Crippen molar-refractivity contribution in [3.8, 4) is 5.75 Å². The van der Waals surface area contributed by atoms with Crippen molar-refractivity contribution in [3.05, 3.63) is 57.6 Å². The minimum absolute atomic E-state index is 0.00502. The zero-order valence-electron chi connectivity index (χ0n) is 18.8. The Labute approximate surface area is 185 Å². The van der Waals surface area contributed by atoms with E-state index in [2.05, 4.69) is 17.2 Å². The highest BCUT2D eigenvalue weighted by molar-refractivity contribution is 5.59. The molecule has 0 heterocycles. The molecule has 0 aliphatic heterocycles. The van der Waals surface area contributed by atoms with Gasteiger partial charge in [0.25, 0.3) is 5.69 Å². The van der Waals surface area contributed by atoms with Gasteiger partial charge in [-0.1, -0.05) is 76.8 Å². The van der Waals surface area contributed by atoms with Gasteiger partial charge in [-0.2, -0.15) is 0 Å². The summed E-state index contributed by atoms with van der Waals surface area (Å²) >= 11 is 0. The van der Waals surface area contributed by atoms with Crippen LogP contribution in [-0.4, -0.2) is 10.0 Å². The van der Waals surface area contributed by atoms with E-state index < -0.39 is 4.92 Å². The summed E-state index contributed by atoms with van der Waals surface area (Å²) in [6.07, 6.45) is 13.5. The van der Waals surface area contributed by atoms with Crippen LogP contribution in [0.2, 0.25) is 0 Å². The summed E-state index contributed by atoms with van der Waals surface area (Å²) in [5.74, 6) is -0.00502. The fourth-order valence-corrected chi connectivity index (χ4v) is 3.59. The molecule has 2 rings (SSSR count). The van der Waals surface area contributed by atoms with E-state index in [1.165, 1.54) is 57.4 Å². The van der Waals surface area contributed by atoms with E-state index in [9.17, 15) is 15.2 Å². The number of benzene rings is 2. The van der Waals surface area contributed by atoms with Crippen LogP contribution in [0, 0.1) is 17.0 Å². The van der Waals surface area contributed by atoms with Crippen LogP contribution in [0.4, 0.5) is 17.1 Å². The predicted molar refractivity (Wildman–Crippen MR) is 126 cm³/mol. The van der Waals surface area contributed by atoms with E-state index in [1.807, 2.05) is 13.0 Å². The van der Waals surface area contributed by atoms with Crippen molar-refractivity contribution in [2.24, 2.45) is 10.2 Å². The van der Waals surface area contributed by atoms with Gasteiger partial charge in [0.15, 0.2) is 5.69 Å². The Hall–Kier alpha value is -2.76. The van der Waals surface area contributed by atoms with Crippen LogP contribution in [0.15, 0.2) is 46.6 Å². The van der Waals surface area contributed by atoms with Gasteiger partial charge in [0.05, 0.1) is 4.92 Å². The maximum absolute atomic E-state index is 11.5. The quantitative estimate of drug-likeness (QED) is 0.142. The van der Waals surface area contributed by atoms with Crippen LogP contribution < -0.4 is 0 Å². The van der Waals surface area contributed by atoms with Crippen LogP contribution >= 0.6 is 0 Å². The van der Waals surface area contributed by atoms with Crippen molar-refractivity contribution >= 4 is 17.1 Å². The first kappa shape index (κ1) is 24.5. The first-order valence-corrected chi connectivity index (χ1v) is 11.5. The van der Waals surface area contributed by atoms with Gasteiger partial charge in [-0.05, 0) is 49.1 Å². The molecule has 0 aromatic heterocycles. The lowest BCUT2D eigenvalue weighted by Crippen LogP contribution is -1.92. The Bertz CT molecular complexity index is 865. The number of azo groups is 1. The van der Waals surface area contributed by atoms with E-state index >= 15 is 0 Å². The Balaban J connectivity index is 1.84. The molecule has 0 saturated heterocycles. The monoisotopic (exact) mass is 425 g/mol. The molecule has 0 saturated carbocycles. The number of hydrogen-bond donors (Lipinski definition) is 1. The fraction of sp³-hybridized carbons (Fsp3) is 0.520. The molecular weight excluding hydrogens is 390 g/mol. The first-order valence-electron chi connectivity index (χ1n) is 11.5. The molecule has 2 aromatic carbocycles. The van der Waals surface area contributed by atoms with Gasteiger partial charge in [-0.15, -0.1) is 10.2 Å². The van der Waals surface area contributed by atoms with Gasteiger partial charge in [0.1, 0.15) is 11.4 Å². The maximum Gasteiger partial charge on any atom is 0.296 e. The van der Waals surface area contributed by atoms with Gasteiger partial charge in [0.2, 0.25) is 0 Å². The number of rotatable bonds is 14. The van der Waals surface area contributed by atoms with Crippen LogP contribution in [0.3, 0.4) is 0 Å². The normalized spacial score (nSPS) is 11.3. The lowest BCUT2D eigenvalue weighted by Gasteiger charge is -2.04. The smallest absolute Gasteiger partial charge is 0.296 e. The molecule has 6 heteroatoms. The maximum atomic E-state index is 11.5. The Morgan fingerprint density at radius 2 is 1.45 bits per heavy atom. The third-order valence-electron chi connectivity index (χ3n) is 5.45. The standard InChI is InChI=1S/C25H35N3O3/c1-3-4-5-6-7-8-9-10-11-12-13-21-15-16-22(24(19-21)28(30)31)26-27-23-18-20(2)14-17-25(23)29/h14-19,29H,3-13H2,1-2H3/b27-26+. The van der Waals surface area contributed by atoms with Crippen LogP contribution in [-0.2, 0) is 6.42 Å². The topological polar surface area (TPSA) is 88.1 Å². The highest BCUT2D eigenvalue weighted by atomic mass is 16.6. The van der Waals surface area contributed by atoms with Gasteiger partial charge < -0.3 is 5.11 Å². The molecule has 0 bridgehead atoms. The summed E-state index contributed by atoms with van der Waals surface area (Å²) < 4.78 is 0. The van der Waals surface area contributed by atoms with Crippen LogP contribution in [0.1, 0.15) is 82.3 Å². The summed E-state index contributed by atoms with van der Waals surface area (Å²) in [6, 6.07) is 10.1. The largest absolute Gasteiger partial charge is 0.506 e. The minimum Gasteiger partial charge on any atom is -0.506 e. The van der Waals surface area contributed by atoms with Crippen LogP contribution in [0.25, 0.3) is 0 Å². The number of nitrogens with zero attached hydrogens (tertiary/aromatic N) is 3. The van der Waals surface area contributed by atoms with Crippen molar-refractivity contribution in [1.29, 1.82) is 0 Å². The molecule has 0 aliphatic rings. The SMILES string of the molecule is CCCCCCCCCCCCc1ccc(/N=N/c2cc(C)ccc2O)c([N+](=O)[O-])c1. The second-order valence-electron chi connectivity index (χ2n) is 8.20. The summed E-state index contributed by atoms with van der Waals surface area (Å²) in [7, 11) is 0. The average Bonchev–Trinajstić information content (AvgIpc) is 2.76. The highest BCUT2D eigenvalue weighted by Gasteiger charge is 2.15. The Morgan fingerprint density at radius 1 is 0.839 bits per heavy atom. The van der Waals surface area contributed by atoms with E-state index in [4.69, 9.17) is 0 Å². The molecule has 0 atom stereocenters. The second-order valence-corrected chi connectivity index (χ2v) is 8.20. The Morgan fingerprint density at radius 3 is 2.10 bits per heavy atom. The van der Waals surface area contributed by atoms with Crippen molar-refractivity contribution in [2.45, 2.75) is 84.5 Å². The number of unbranched alkanes of at least 4 members (excludes halogenated alkanes) is 9. The third kappa shape index (κ3) is 8.87. The molecular formula is C25H35N3O3. The number of aromatic hydroxyl groups is 1. The summed E-state index contributed by atoms with van der Waals surface area (Å²) in [5, 5.41) is 29.4. The number of phenolic OH excluding ortho intramolecular Hbond substituents is 1. The number of nitro groups is 1. The number of aryl methyl sites for hydroxylation is 2. The number of nitro benzene ring substituents is 1. The first-order chi connectivity index (χ1) is 15.0.